The lowest BCUT2D eigenvalue weighted by atomic mass is 10.0. The number of unbranched alkanes of at least 4 members (excludes halogenated alkanes) is 4. The Balaban J connectivity index is 1.25. The van der Waals surface area contributed by atoms with Gasteiger partial charge in [0.25, 0.3) is 0 Å². The van der Waals surface area contributed by atoms with Crippen molar-refractivity contribution in [2.75, 3.05) is 26.3 Å². The zero-order valence-electron chi connectivity index (χ0n) is 26.5. The number of aliphatic hydroxyl groups excluding tert-OH is 1. The van der Waals surface area contributed by atoms with Gasteiger partial charge in [0.05, 0.1) is 6.61 Å². The third-order valence-electron chi connectivity index (χ3n) is 7.92. The van der Waals surface area contributed by atoms with Crippen molar-refractivity contribution in [2.45, 2.75) is 57.7 Å². The molecule has 0 spiro atoms. The number of aromatic hydroxyl groups is 2. The molecule has 1 atom stereocenters. The Kier molecular flexibility index (Phi) is 14.2. The zero-order valence-corrected chi connectivity index (χ0v) is 26.5. The van der Waals surface area contributed by atoms with Gasteiger partial charge >= 0.3 is 5.97 Å². The van der Waals surface area contributed by atoms with Crippen LogP contribution in [0.2, 0.25) is 0 Å². The molecular formula is C38H43F2NO6. The van der Waals surface area contributed by atoms with Crippen molar-refractivity contribution in [1.82, 2.24) is 5.32 Å². The molecule has 0 bridgehead atoms. The Morgan fingerprint density at radius 2 is 1.53 bits per heavy atom. The molecule has 0 aliphatic rings. The van der Waals surface area contributed by atoms with Crippen molar-refractivity contribution in [3.63, 3.8) is 0 Å². The van der Waals surface area contributed by atoms with E-state index in [1.807, 2.05) is 6.07 Å². The Labute approximate surface area is 274 Å². The number of aryl methyl sites for hydroxylation is 1. The molecule has 250 valence electrons. The number of benzene rings is 4. The second-order valence-corrected chi connectivity index (χ2v) is 11.5. The number of carbonyl (C=O) groups excluding carboxylic acids is 1. The van der Waals surface area contributed by atoms with Crippen LogP contribution in [0.15, 0.2) is 84.9 Å². The van der Waals surface area contributed by atoms with Gasteiger partial charge in [-0.2, -0.15) is 0 Å². The maximum atomic E-state index is 14.4. The summed E-state index contributed by atoms with van der Waals surface area (Å²) in [6, 6.07) is 22.1. The van der Waals surface area contributed by atoms with E-state index in [9.17, 15) is 28.9 Å². The minimum Gasteiger partial charge on any atom is -0.508 e. The maximum absolute atomic E-state index is 14.4. The van der Waals surface area contributed by atoms with Crippen LogP contribution in [-0.4, -0.2) is 47.6 Å². The summed E-state index contributed by atoms with van der Waals surface area (Å²) in [6.45, 7) is 2.02. The average Bonchev–Trinajstić information content (AvgIpc) is 3.07. The average molecular weight is 648 g/mol. The molecule has 7 nitrogen and oxygen atoms in total. The number of phenolic OH excluding ortho intramolecular Hbond substituents is 1. The fourth-order valence-corrected chi connectivity index (χ4v) is 5.26. The Hall–Kier alpha value is -4.31. The topological polar surface area (TPSA) is 108 Å². The summed E-state index contributed by atoms with van der Waals surface area (Å²) in [5, 5.41) is 33.5. The number of nitrogens with one attached hydrogen (secondary N) is 1. The van der Waals surface area contributed by atoms with E-state index < -0.39 is 30.3 Å². The number of halogens is 2. The number of rotatable bonds is 19. The van der Waals surface area contributed by atoms with Gasteiger partial charge in [-0.15, -0.1) is 0 Å². The largest absolute Gasteiger partial charge is 0.508 e. The van der Waals surface area contributed by atoms with Crippen LogP contribution in [0, 0.1) is 11.6 Å². The highest BCUT2D eigenvalue weighted by atomic mass is 19.1. The monoisotopic (exact) mass is 647 g/mol. The van der Waals surface area contributed by atoms with Crippen molar-refractivity contribution >= 4 is 5.97 Å². The van der Waals surface area contributed by atoms with Gasteiger partial charge in [0, 0.05) is 37.0 Å². The third-order valence-corrected chi connectivity index (χ3v) is 7.92. The van der Waals surface area contributed by atoms with E-state index in [1.54, 1.807) is 12.1 Å². The fourth-order valence-electron chi connectivity index (χ4n) is 5.26. The summed E-state index contributed by atoms with van der Waals surface area (Å²) in [5.41, 5.74) is 2.31. The summed E-state index contributed by atoms with van der Waals surface area (Å²) in [7, 11) is 0. The van der Waals surface area contributed by atoms with Crippen LogP contribution in [0.5, 0.6) is 11.5 Å². The molecule has 4 aromatic carbocycles. The Bertz CT molecular complexity index is 1570. The lowest BCUT2D eigenvalue weighted by molar-refractivity contribution is 0.0294. The second kappa shape index (κ2) is 18.7. The van der Waals surface area contributed by atoms with E-state index in [4.69, 9.17) is 9.47 Å². The molecular weight excluding hydrogens is 604 g/mol. The van der Waals surface area contributed by atoms with Crippen LogP contribution in [0.1, 0.15) is 71.7 Å². The lowest BCUT2D eigenvalue weighted by Gasteiger charge is -2.20. The van der Waals surface area contributed by atoms with Crippen LogP contribution in [0.4, 0.5) is 8.78 Å². The van der Waals surface area contributed by atoms with Gasteiger partial charge in [0.15, 0.2) is 0 Å². The van der Waals surface area contributed by atoms with Crippen LogP contribution in [0.3, 0.4) is 0 Å². The lowest BCUT2D eigenvalue weighted by Crippen LogP contribution is -2.26. The van der Waals surface area contributed by atoms with Crippen molar-refractivity contribution in [1.29, 1.82) is 0 Å². The number of hydrogen-bond acceptors (Lipinski definition) is 7. The molecule has 0 aromatic heterocycles. The molecule has 1 unspecified atom stereocenters. The minimum absolute atomic E-state index is 0.0650. The normalized spacial score (nSPS) is 11.8. The summed E-state index contributed by atoms with van der Waals surface area (Å²) in [6.07, 6.45) is 6.33. The van der Waals surface area contributed by atoms with Crippen LogP contribution < -0.4 is 5.32 Å². The van der Waals surface area contributed by atoms with Crippen molar-refractivity contribution in [3.05, 3.63) is 119 Å². The predicted molar refractivity (Wildman–Crippen MR) is 177 cm³/mol. The molecule has 0 saturated heterocycles. The van der Waals surface area contributed by atoms with Gasteiger partial charge in [-0.05, 0) is 91.7 Å². The summed E-state index contributed by atoms with van der Waals surface area (Å²) >= 11 is 0. The summed E-state index contributed by atoms with van der Waals surface area (Å²) < 4.78 is 39.5. The fraction of sp³-hybridized carbons (Fsp3) is 0.342. The van der Waals surface area contributed by atoms with Gasteiger partial charge in [0.1, 0.15) is 34.8 Å². The third kappa shape index (κ3) is 11.2. The first kappa shape index (κ1) is 35.5. The van der Waals surface area contributed by atoms with E-state index >= 15 is 0 Å². The molecule has 0 heterocycles. The van der Waals surface area contributed by atoms with E-state index in [-0.39, 0.29) is 40.3 Å². The van der Waals surface area contributed by atoms with Gasteiger partial charge in [-0.3, -0.25) is 0 Å². The molecule has 9 heteroatoms. The first-order chi connectivity index (χ1) is 22.9. The maximum Gasteiger partial charge on any atom is 0.342 e. The number of esters is 1. The Morgan fingerprint density at radius 3 is 2.30 bits per heavy atom. The number of aliphatic hydroxyl groups is 1. The van der Waals surface area contributed by atoms with E-state index in [1.165, 1.54) is 35.9 Å². The highest BCUT2D eigenvalue weighted by molar-refractivity contribution is 5.94. The number of carbonyl (C=O) groups is 1. The van der Waals surface area contributed by atoms with Crippen molar-refractivity contribution in [2.24, 2.45) is 0 Å². The first-order valence-electron chi connectivity index (χ1n) is 16.1. The first-order valence-corrected chi connectivity index (χ1v) is 16.1. The summed E-state index contributed by atoms with van der Waals surface area (Å²) in [5.74, 6) is -2.83. The van der Waals surface area contributed by atoms with E-state index in [2.05, 4.69) is 29.6 Å². The molecule has 0 radical (unpaired) electrons. The van der Waals surface area contributed by atoms with E-state index in [0.29, 0.717) is 12.1 Å². The smallest absolute Gasteiger partial charge is 0.342 e. The van der Waals surface area contributed by atoms with E-state index in [0.717, 1.165) is 70.3 Å². The van der Waals surface area contributed by atoms with Crippen LogP contribution in [0.25, 0.3) is 11.1 Å². The molecule has 47 heavy (non-hydrogen) atoms. The molecule has 4 aromatic rings. The number of hydrogen-bond donors (Lipinski definition) is 4. The van der Waals surface area contributed by atoms with Gasteiger partial charge in [-0.25, -0.2) is 13.6 Å². The molecule has 0 aliphatic heterocycles. The second-order valence-electron chi connectivity index (χ2n) is 11.5. The minimum atomic E-state index is -0.850. The van der Waals surface area contributed by atoms with Crippen molar-refractivity contribution < 1.29 is 38.4 Å². The highest BCUT2D eigenvalue weighted by Crippen LogP contribution is 2.31. The quantitative estimate of drug-likeness (QED) is 0.0613. The number of phenols is 2. The zero-order chi connectivity index (χ0) is 33.4. The molecule has 0 saturated carbocycles. The predicted octanol–water partition coefficient (Wildman–Crippen LogP) is 7.62. The SMILES string of the molecule is O=C(OC(CNCCCCCCOCCCCc1ccccc1)c1ccc(O)c(CO)c1)c1cc(-c2ccc(F)cc2F)ccc1O. The van der Waals surface area contributed by atoms with Crippen molar-refractivity contribution in [3.8, 4) is 22.6 Å². The van der Waals surface area contributed by atoms with Crippen LogP contribution >= 0.6 is 0 Å². The molecule has 0 aliphatic carbocycles. The molecule has 4 N–H and O–H groups in total. The van der Waals surface area contributed by atoms with Crippen LogP contribution in [-0.2, 0) is 22.5 Å². The molecule has 0 amide bonds. The molecule has 0 fully saturated rings. The summed E-state index contributed by atoms with van der Waals surface area (Å²) in [4.78, 5) is 13.3. The van der Waals surface area contributed by atoms with Gasteiger partial charge < -0.3 is 30.1 Å². The highest BCUT2D eigenvalue weighted by Gasteiger charge is 2.22. The number of ether oxygens (including phenoxy) is 2. The van der Waals surface area contributed by atoms with Gasteiger partial charge in [-0.1, -0.05) is 55.3 Å². The Morgan fingerprint density at radius 1 is 0.787 bits per heavy atom. The van der Waals surface area contributed by atoms with Gasteiger partial charge in [0.2, 0.25) is 0 Å². The standard InChI is InChI=1S/C38H43F2NO6/c39-31-15-16-32(34(40)24-31)28-13-18-36(44)33(23-28)38(45)47-37(29-14-17-35(43)30(22-29)26-42)25-41-19-7-1-2-8-20-46-21-9-6-12-27-10-4-3-5-11-27/h3-5,10-11,13-18,22-24,37,41-44H,1-2,6-9,12,19-21,25-26H2. The molecule has 4 rings (SSSR count).